The topological polar surface area (TPSA) is 47.6 Å². The van der Waals surface area contributed by atoms with E-state index in [2.05, 4.69) is 220 Å². The van der Waals surface area contributed by atoms with E-state index in [0.29, 0.717) is 0 Å². The third-order valence-corrected chi connectivity index (χ3v) is 17.7. The molecule has 0 saturated heterocycles. The van der Waals surface area contributed by atoms with Crippen LogP contribution in [-0.4, -0.2) is 27.0 Å². The molecule has 1 aliphatic rings. The Balaban J connectivity index is 1.05. The molecule has 0 aliphatic carbocycles. The summed E-state index contributed by atoms with van der Waals surface area (Å²) in [5, 5.41) is 10.8. The number of para-hydroxylation sites is 4. The summed E-state index contributed by atoms with van der Waals surface area (Å²) in [6, 6.07) is 74.0. The number of aromatic nitrogens is 4. The molecule has 7 heteroatoms. The fourth-order valence-electron chi connectivity index (χ4n) is 10.4. The van der Waals surface area contributed by atoms with Gasteiger partial charge in [-0.3, -0.25) is 8.97 Å². The standard InChI is InChI=1S/C56H37N5OSi/c1-4-17-38(18-5-1)60-50-29-14-15-30-51(50)63(42-21-6-2-7-22-42,43-23-8-3-9-24-43)52-37-58-56-53(54(52)60)46-26-11-13-28-49(46)61(56)39-19-16-20-40(35-39)62-41-31-32-44-45-25-10-12-27-48(45)59-34-33-57-55(59)47(44)36-41/h1-37H. The van der Waals surface area contributed by atoms with Gasteiger partial charge in [0.25, 0.3) is 0 Å². The summed E-state index contributed by atoms with van der Waals surface area (Å²) >= 11 is 0. The Morgan fingerprint density at radius 3 is 1.89 bits per heavy atom. The second-order valence-electron chi connectivity index (χ2n) is 16.2. The zero-order valence-electron chi connectivity index (χ0n) is 34.0. The SMILES string of the molecule is c1ccc(N2c3ccccc3[Si](c3ccccc3)(c3ccccc3)c3cnc4c(c32)c2ccccc2n4-c2cccc(Oc3ccc4c5ccccc5n5ccnc5c4c3)c2)cc1. The highest BCUT2D eigenvalue weighted by molar-refractivity contribution is 7.21. The first-order chi connectivity index (χ1) is 31.3. The molecule has 13 rings (SSSR count). The highest BCUT2D eigenvalue weighted by atomic mass is 28.3. The van der Waals surface area contributed by atoms with Crippen molar-refractivity contribution >= 4 is 95.1 Å². The van der Waals surface area contributed by atoms with Gasteiger partial charge in [-0.2, -0.15) is 0 Å². The maximum atomic E-state index is 6.74. The highest BCUT2D eigenvalue weighted by Crippen LogP contribution is 2.45. The van der Waals surface area contributed by atoms with E-state index in [9.17, 15) is 0 Å². The van der Waals surface area contributed by atoms with Crippen molar-refractivity contribution in [2.24, 2.45) is 0 Å². The second-order valence-corrected chi connectivity index (χ2v) is 19.9. The van der Waals surface area contributed by atoms with Gasteiger partial charge in [0.05, 0.1) is 27.8 Å². The third kappa shape index (κ3) is 5.17. The molecule has 0 spiro atoms. The highest BCUT2D eigenvalue weighted by Gasteiger charge is 2.50. The van der Waals surface area contributed by atoms with Crippen LogP contribution in [0.25, 0.3) is 54.9 Å². The van der Waals surface area contributed by atoms with Gasteiger partial charge >= 0.3 is 0 Å². The van der Waals surface area contributed by atoms with Crippen LogP contribution in [0.1, 0.15) is 0 Å². The summed E-state index contributed by atoms with van der Waals surface area (Å²) in [4.78, 5) is 12.8. The minimum Gasteiger partial charge on any atom is -0.457 e. The fourth-order valence-corrected chi connectivity index (χ4v) is 15.4. The Morgan fingerprint density at radius 1 is 0.444 bits per heavy atom. The van der Waals surface area contributed by atoms with Crippen molar-refractivity contribution in [3.05, 3.63) is 225 Å². The molecule has 0 fully saturated rings. The second kappa shape index (κ2) is 13.9. The number of benzene rings is 8. The first-order valence-electron chi connectivity index (χ1n) is 21.3. The van der Waals surface area contributed by atoms with E-state index in [-0.39, 0.29) is 0 Å². The molecule has 0 N–H and O–H groups in total. The van der Waals surface area contributed by atoms with E-state index in [4.69, 9.17) is 14.7 Å². The molecule has 0 amide bonds. The van der Waals surface area contributed by atoms with E-state index >= 15 is 0 Å². The number of nitrogens with zero attached hydrogens (tertiary/aromatic N) is 5. The predicted octanol–water partition coefficient (Wildman–Crippen LogP) is 11.1. The maximum Gasteiger partial charge on any atom is 0.186 e. The molecule has 0 atom stereocenters. The van der Waals surface area contributed by atoms with Crippen LogP contribution in [-0.2, 0) is 0 Å². The van der Waals surface area contributed by atoms with Gasteiger partial charge in [0.1, 0.15) is 22.8 Å². The lowest BCUT2D eigenvalue weighted by atomic mass is 10.1. The first-order valence-corrected chi connectivity index (χ1v) is 23.3. The lowest BCUT2D eigenvalue weighted by molar-refractivity contribution is 0.483. The van der Waals surface area contributed by atoms with Crippen LogP contribution in [0, 0.1) is 0 Å². The first kappa shape index (κ1) is 35.5. The average molecular weight is 824 g/mol. The molecule has 0 unspecified atom stereocenters. The number of hydrogen-bond acceptors (Lipinski definition) is 4. The summed E-state index contributed by atoms with van der Waals surface area (Å²) in [5.41, 5.74) is 8.41. The van der Waals surface area contributed by atoms with Crippen molar-refractivity contribution in [3.8, 4) is 17.2 Å². The van der Waals surface area contributed by atoms with Crippen LogP contribution in [0.5, 0.6) is 11.5 Å². The Morgan fingerprint density at radius 2 is 1.10 bits per heavy atom. The van der Waals surface area contributed by atoms with Gasteiger partial charge in [-0.1, -0.05) is 140 Å². The van der Waals surface area contributed by atoms with Gasteiger partial charge in [0, 0.05) is 52.2 Å². The molecular weight excluding hydrogens is 787 g/mol. The van der Waals surface area contributed by atoms with E-state index in [0.717, 1.165) is 66.7 Å². The minimum absolute atomic E-state index is 0.732. The van der Waals surface area contributed by atoms with Crippen LogP contribution in [0.4, 0.5) is 17.1 Å². The van der Waals surface area contributed by atoms with E-state index in [1.54, 1.807) is 0 Å². The zero-order valence-corrected chi connectivity index (χ0v) is 35.0. The largest absolute Gasteiger partial charge is 0.457 e. The van der Waals surface area contributed by atoms with Gasteiger partial charge in [0.2, 0.25) is 0 Å². The Bertz CT molecular complexity index is 3690. The minimum atomic E-state index is -2.96. The van der Waals surface area contributed by atoms with E-state index in [1.807, 2.05) is 18.5 Å². The molecule has 296 valence electrons. The Hall–Kier alpha value is -8.26. The molecule has 12 aromatic rings. The monoisotopic (exact) mass is 823 g/mol. The number of fused-ring (bicyclic) bond motifs is 12. The summed E-state index contributed by atoms with van der Waals surface area (Å²) < 4.78 is 11.2. The summed E-state index contributed by atoms with van der Waals surface area (Å²) in [5.74, 6) is 1.48. The van der Waals surface area contributed by atoms with Gasteiger partial charge in [-0.25, -0.2) is 9.97 Å². The zero-order chi connectivity index (χ0) is 41.5. The molecule has 63 heavy (non-hydrogen) atoms. The number of rotatable bonds is 6. The van der Waals surface area contributed by atoms with Crippen LogP contribution in [0.3, 0.4) is 0 Å². The van der Waals surface area contributed by atoms with Crippen molar-refractivity contribution < 1.29 is 4.74 Å². The molecule has 1 aliphatic heterocycles. The van der Waals surface area contributed by atoms with Gasteiger partial charge in [-0.05, 0) is 86.8 Å². The summed E-state index contributed by atoms with van der Waals surface area (Å²) in [7, 11) is -2.96. The Labute approximate surface area is 364 Å². The van der Waals surface area contributed by atoms with Crippen LogP contribution >= 0.6 is 0 Å². The Kier molecular flexibility index (Phi) is 7.82. The smallest absolute Gasteiger partial charge is 0.186 e. The lowest BCUT2D eigenvalue weighted by Gasteiger charge is -2.45. The summed E-state index contributed by atoms with van der Waals surface area (Å²) in [6.07, 6.45) is 6.08. The molecule has 0 radical (unpaired) electrons. The number of hydrogen-bond donors (Lipinski definition) is 0. The van der Waals surface area contributed by atoms with Crippen molar-refractivity contribution in [2.45, 2.75) is 0 Å². The average Bonchev–Trinajstić information content (AvgIpc) is 3.99. The van der Waals surface area contributed by atoms with Crippen LogP contribution in [0.2, 0.25) is 0 Å². The van der Waals surface area contributed by atoms with Crippen molar-refractivity contribution in [1.82, 2.24) is 18.9 Å². The van der Waals surface area contributed by atoms with Crippen molar-refractivity contribution in [2.75, 3.05) is 4.90 Å². The normalized spacial score (nSPS) is 13.2. The molecule has 5 heterocycles. The lowest BCUT2D eigenvalue weighted by Crippen LogP contribution is -2.77. The van der Waals surface area contributed by atoms with E-state index in [1.165, 1.54) is 37.5 Å². The van der Waals surface area contributed by atoms with Crippen molar-refractivity contribution in [3.63, 3.8) is 0 Å². The van der Waals surface area contributed by atoms with Gasteiger partial charge in [0.15, 0.2) is 8.07 Å². The molecule has 0 saturated carbocycles. The number of ether oxygens (including phenoxy) is 1. The van der Waals surface area contributed by atoms with Crippen LogP contribution < -0.4 is 30.4 Å². The maximum absolute atomic E-state index is 6.74. The molecule has 4 aromatic heterocycles. The third-order valence-electron chi connectivity index (χ3n) is 12.9. The fraction of sp³-hybridized carbons (Fsp3) is 0. The molecule has 6 nitrogen and oxygen atoms in total. The quantitative estimate of drug-likeness (QED) is 0.124. The summed E-state index contributed by atoms with van der Waals surface area (Å²) in [6.45, 7) is 0. The molecule has 8 aromatic carbocycles. The number of imidazole rings is 1. The molecular formula is C56H37N5OSi. The van der Waals surface area contributed by atoms with Gasteiger partial charge in [-0.15, -0.1) is 0 Å². The van der Waals surface area contributed by atoms with Crippen molar-refractivity contribution in [1.29, 1.82) is 0 Å². The molecule has 0 bridgehead atoms. The predicted molar refractivity (Wildman–Crippen MR) is 261 cm³/mol. The van der Waals surface area contributed by atoms with Gasteiger partial charge < -0.3 is 9.64 Å². The number of pyridine rings is 2. The van der Waals surface area contributed by atoms with E-state index < -0.39 is 8.07 Å². The van der Waals surface area contributed by atoms with Crippen LogP contribution in [0.15, 0.2) is 225 Å². The number of anilines is 3.